The van der Waals surface area contributed by atoms with E-state index in [0.717, 1.165) is 9.21 Å². The van der Waals surface area contributed by atoms with Crippen LogP contribution in [0.5, 0.6) is 0 Å². The zero-order chi connectivity index (χ0) is 8.55. The molecule has 1 aromatic rings. The summed E-state index contributed by atoms with van der Waals surface area (Å²) in [6.07, 6.45) is -0.357. The second-order valence-electron chi connectivity index (χ2n) is 2.44. The highest BCUT2D eigenvalue weighted by molar-refractivity contribution is 7.16. The molecule has 1 N–H and O–H groups in total. The van der Waals surface area contributed by atoms with Crippen molar-refractivity contribution in [3.05, 3.63) is 21.3 Å². The van der Waals surface area contributed by atoms with Gasteiger partial charge in [-0.2, -0.15) is 0 Å². The fourth-order valence-electron chi connectivity index (χ4n) is 1.05. The first-order valence-electron chi connectivity index (χ1n) is 3.44. The summed E-state index contributed by atoms with van der Waals surface area (Å²) in [4.78, 5) is 11.7. The molecule has 0 radical (unpaired) electrons. The topological polar surface area (TPSA) is 38.3 Å². The largest absolute Gasteiger partial charge is 0.447 e. The Kier molecular flexibility index (Phi) is 1.94. The SMILES string of the molecule is O=C1NC(c2ccc(Cl)s2)CO1. The molecular formula is C7H6ClNO2S. The van der Waals surface area contributed by atoms with Gasteiger partial charge in [-0.15, -0.1) is 11.3 Å². The summed E-state index contributed by atoms with van der Waals surface area (Å²) in [7, 11) is 0. The fraction of sp³-hybridized carbons (Fsp3) is 0.286. The van der Waals surface area contributed by atoms with Gasteiger partial charge in [0.2, 0.25) is 0 Å². The van der Waals surface area contributed by atoms with Gasteiger partial charge in [-0.25, -0.2) is 4.79 Å². The van der Waals surface area contributed by atoms with Crippen molar-refractivity contribution in [2.45, 2.75) is 6.04 Å². The number of hydrogen-bond acceptors (Lipinski definition) is 3. The standard InChI is InChI=1S/C7H6ClNO2S/c8-6-2-1-5(12-6)4-3-11-7(10)9-4/h1-2,4H,3H2,(H,9,10). The number of thiophene rings is 1. The molecule has 1 aliphatic heterocycles. The summed E-state index contributed by atoms with van der Waals surface area (Å²) in [5, 5.41) is 2.67. The van der Waals surface area contributed by atoms with Gasteiger partial charge < -0.3 is 10.1 Å². The van der Waals surface area contributed by atoms with E-state index >= 15 is 0 Å². The molecule has 2 rings (SSSR count). The number of ether oxygens (including phenoxy) is 1. The lowest BCUT2D eigenvalue weighted by Gasteiger charge is -2.01. The molecule has 3 nitrogen and oxygen atoms in total. The first-order chi connectivity index (χ1) is 5.75. The van der Waals surface area contributed by atoms with E-state index in [0.29, 0.717) is 6.61 Å². The number of alkyl carbamates (subject to hydrolysis) is 1. The summed E-state index contributed by atoms with van der Waals surface area (Å²) in [5.74, 6) is 0. The highest BCUT2D eigenvalue weighted by atomic mass is 35.5. The molecule has 64 valence electrons. The van der Waals surface area contributed by atoms with Crippen LogP contribution in [-0.4, -0.2) is 12.7 Å². The third-order valence-electron chi connectivity index (χ3n) is 1.61. The van der Waals surface area contributed by atoms with Crippen molar-refractivity contribution in [3.63, 3.8) is 0 Å². The maximum absolute atomic E-state index is 10.7. The van der Waals surface area contributed by atoms with Crippen molar-refractivity contribution in [1.82, 2.24) is 5.32 Å². The minimum absolute atomic E-state index is 0.0185. The van der Waals surface area contributed by atoms with Crippen LogP contribution < -0.4 is 5.32 Å². The number of halogens is 1. The molecule has 1 aromatic heterocycles. The average Bonchev–Trinajstić information content (AvgIpc) is 2.58. The maximum atomic E-state index is 10.7. The predicted molar refractivity (Wildman–Crippen MR) is 46.6 cm³/mol. The van der Waals surface area contributed by atoms with Gasteiger partial charge in [-0.3, -0.25) is 0 Å². The van der Waals surface area contributed by atoms with Crippen molar-refractivity contribution in [1.29, 1.82) is 0 Å². The molecule has 1 atom stereocenters. The molecule has 0 spiro atoms. The van der Waals surface area contributed by atoms with Crippen LogP contribution >= 0.6 is 22.9 Å². The minimum Gasteiger partial charge on any atom is -0.447 e. The predicted octanol–water partition coefficient (Wildman–Crippen LogP) is 2.18. The van der Waals surface area contributed by atoms with Crippen LogP contribution in [-0.2, 0) is 4.74 Å². The van der Waals surface area contributed by atoms with E-state index in [4.69, 9.17) is 16.3 Å². The Balaban J connectivity index is 2.15. The third kappa shape index (κ3) is 1.40. The van der Waals surface area contributed by atoms with E-state index in [9.17, 15) is 4.79 Å². The number of hydrogen-bond donors (Lipinski definition) is 1. The van der Waals surface area contributed by atoms with Gasteiger partial charge in [-0.1, -0.05) is 11.6 Å². The van der Waals surface area contributed by atoms with Crippen LogP contribution in [0.25, 0.3) is 0 Å². The van der Waals surface area contributed by atoms with E-state index in [1.165, 1.54) is 11.3 Å². The molecular weight excluding hydrogens is 198 g/mol. The lowest BCUT2D eigenvalue weighted by Crippen LogP contribution is -2.17. The lowest BCUT2D eigenvalue weighted by atomic mass is 10.3. The molecule has 0 bridgehead atoms. The van der Waals surface area contributed by atoms with Crippen molar-refractivity contribution < 1.29 is 9.53 Å². The molecule has 1 saturated heterocycles. The van der Waals surface area contributed by atoms with Gasteiger partial charge in [0, 0.05) is 4.88 Å². The number of carbonyl (C=O) groups is 1. The molecule has 1 aliphatic rings. The Morgan fingerprint density at radius 1 is 1.67 bits per heavy atom. The van der Waals surface area contributed by atoms with Crippen molar-refractivity contribution in [2.24, 2.45) is 0 Å². The average molecular weight is 204 g/mol. The van der Waals surface area contributed by atoms with Gasteiger partial charge in [0.15, 0.2) is 0 Å². The Bertz CT molecular complexity index is 312. The Morgan fingerprint density at radius 2 is 2.50 bits per heavy atom. The first kappa shape index (κ1) is 7.89. The van der Waals surface area contributed by atoms with E-state index in [1.807, 2.05) is 12.1 Å². The Morgan fingerprint density at radius 3 is 3.00 bits per heavy atom. The smallest absolute Gasteiger partial charge is 0.407 e. The van der Waals surface area contributed by atoms with Crippen LogP contribution in [0.4, 0.5) is 4.79 Å². The fourth-order valence-corrected chi connectivity index (χ4v) is 2.15. The van der Waals surface area contributed by atoms with Crippen LogP contribution in [0.1, 0.15) is 10.9 Å². The number of rotatable bonds is 1. The van der Waals surface area contributed by atoms with Gasteiger partial charge in [-0.05, 0) is 12.1 Å². The van der Waals surface area contributed by atoms with E-state index in [2.05, 4.69) is 5.32 Å². The van der Waals surface area contributed by atoms with Crippen molar-refractivity contribution in [3.8, 4) is 0 Å². The van der Waals surface area contributed by atoms with Crippen molar-refractivity contribution >= 4 is 29.0 Å². The third-order valence-corrected chi connectivity index (χ3v) is 2.96. The summed E-state index contributed by atoms with van der Waals surface area (Å²) in [6.45, 7) is 0.398. The Hall–Kier alpha value is -0.740. The zero-order valence-electron chi connectivity index (χ0n) is 6.04. The van der Waals surface area contributed by atoms with Crippen LogP contribution in [0.3, 0.4) is 0 Å². The quantitative estimate of drug-likeness (QED) is 0.760. The Labute approximate surface area is 78.3 Å². The van der Waals surface area contributed by atoms with Gasteiger partial charge in [0.05, 0.1) is 4.34 Å². The highest BCUT2D eigenvalue weighted by Gasteiger charge is 2.24. The van der Waals surface area contributed by atoms with E-state index in [1.54, 1.807) is 0 Å². The molecule has 12 heavy (non-hydrogen) atoms. The van der Waals surface area contributed by atoms with Crippen LogP contribution in [0, 0.1) is 0 Å². The van der Waals surface area contributed by atoms with Gasteiger partial charge in [0.1, 0.15) is 12.6 Å². The molecule has 2 heterocycles. The van der Waals surface area contributed by atoms with Gasteiger partial charge in [0.25, 0.3) is 0 Å². The van der Waals surface area contributed by atoms with Crippen molar-refractivity contribution in [2.75, 3.05) is 6.61 Å². The number of cyclic esters (lactones) is 1. The minimum atomic E-state index is -0.357. The summed E-state index contributed by atoms with van der Waals surface area (Å²) < 4.78 is 5.47. The second kappa shape index (κ2) is 2.95. The molecule has 1 amide bonds. The molecule has 0 aromatic carbocycles. The molecule has 0 aliphatic carbocycles. The van der Waals surface area contributed by atoms with Crippen LogP contribution in [0.2, 0.25) is 4.34 Å². The number of amides is 1. The zero-order valence-corrected chi connectivity index (χ0v) is 7.61. The lowest BCUT2D eigenvalue weighted by molar-refractivity contribution is 0.177. The summed E-state index contributed by atoms with van der Waals surface area (Å²) in [5.41, 5.74) is 0. The maximum Gasteiger partial charge on any atom is 0.407 e. The van der Waals surface area contributed by atoms with Crippen LogP contribution in [0.15, 0.2) is 12.1 Å². The highest BCUT2D eigenvalue weighted by Crippen LogP contribution is 2.28. The molecule has 0 saturated carbocycles. The van der Waals surface area contributed by atoms with E-state index < -0.39 is 0 Å². The monoisotopic (exact) mass is 203 g/mol. The summed E-state index contributed by atoms with van der Waals surface area (Å²) in [6, 6.07) is 3.69. The normalized spacial score (nSPS) is 22.1. The molecule has 1 unspecified atom stereocenters. The van der Waals surface area contributed by atoms with E-state index in [-0.39, 0.29) is 12.1 Å². The first-order valence-corrected chi connectivity index (χ1v) is 4.63. The molecule has 5 heteroatoms. The number of nitrogens with one attached hydrogen (secondary N) is 1. The molecule has 1 fully saturated rings. The summed E-state index contributed by atoms with van der Waals surface area (Å²) >= 11 is 7.20. The second-order valence-corrected chi connectivity index (χ2v) is 4.18. The van der Waals surface area contributed by atoms with Gasteiger partial charge >= 0.3 is 6.09 Å². The number of carbonyl (C=O) groups excluding carboxylic acids is 1.